The Labute approximate surface area is 149 Å². The van der Waals surface area contributed by atoms with Crippen molar-refractivity contribution in [3.8, 4) is 5.69 Å². The molecule has 0 bridgehead atoms. The van der Waals surface area contributed by atoms with Gasteiger partial charge in [0.05, 0.1) is 5.69 Å². The van der Waals surface area contributed by atoms with Gasteiger partial charge in [-0.15, -0.1) is 0 Å². The SMILES string of the molecule is Clc1cc(NCCNc2nnnn2-c2ccccc2)nc(C2CC2)n1. The Morgan fingerprint density at radius 2 is 1.88 bits per heavy atom. The lowest BCUT2D eigenvalue weighted by Gasteiger charge is -2.09. The zero-order chi connectivity index (χ0) is 17.1. The molecule has 2 heterocycles. The molecule has 0 amide bonds. The number of rotatable bonds is 7. The van der Waals surface area contributed by atoms with E-state index in [9.17, 15) is 0 Å². The van der Waals surface area contributed by atoms with Crippen molar-refractivity contribution in [3.05, 3.63) is 47.4 Å². The van der Waals surface area contributed by atoms with Crippen LogP contribution in [0, 0.1) is 0 Å². The van der Waals surface area contributed by atoms with Crippen LogP contribution < -0.4 is 10.6 Å². The van der Waals surface area contributed by atoms with Gasteiger partial charge in [0.15, 0.2) is 0 Å². The Bertz CT molecular complexity index is 846. The summed E-state index contributed by atoms with van der Waals surface area (Å²) in [6, 6.07) is 11.5. The van der Waals surface area contributed by atoms with Crippen LogP contribution in [0.2, 0.25) is 5.15 Å². The van der Waals surface area contributed by atoms with Crippen molar-refractivity contribution in [2.45, 2.75) is 18.8 Å². The summed E-state index contributed by atoms with van der Waals surface area (Å²) in [6.07, 6.45) is 2.28. The number of hydrogen-bond donors (Lipinski definition) is 2. The van der Waals surface area contributed by atoms with Gasteiger partial charge in [-0.1, -0.05) is 34.9 Å². The molecule has 25 heavy (non-hydrogen) atoms. The zero-order valence-electron chi connectivity index (χ0n) is 13.4. The minimum atomic E-state index is 0.466. The lowest BCUT2D eigenvalue weighted by atomic mass is 10.3. The summed E-state index contributed by atoms with van der Waals surface area (Å²) < 4.78 is 1.66. The average Bonchev–Trinajstić information content (AvgIpc) is 3.38. The van der Waals surface area contributed by atoms with Gasteiger partial charge in [-0.2, -0.15) is 4.68 Å². The van der Waals surface area contributed by atoms with E-state index in [4.69, 9.17) is 11.6 Å². The summed E-state index contributed by atoms with van der Waals surface area (Å²) >= 11 is 6.07. The molecule has 0 aliphatic heterocycles. The number of aromatic nitrogens is 6. The van der Waals surface area contributed by atoms with Crippen molar-refractivity contribution in [1.29, 1.82) is 0 Å². The molecule has 2 aromatic heterocycles. The predicted octanol–water partition coefficient (Wildman–Crippen LogP) is 2.51. The van der Waals surface area contributed by atoms with E-state index in [0.717, 1.165) is 30.2 Å². The van der Waals surface area contributed by atoms with E-state index in [1.165, 1.54) is 0 Å². The van der Waals surface area contributed by atoms with Crippen LogP contribution in [0.3, 0.4) is 0 Å². The molecular weight excluding hydrogens is 340 g/mol. The van der Waals surface area contributed by atoms with E-state index in [1.807, 2.05) is 30.3 Å². The van der Waals surface area contributed by atoms with E-state index in [2.05, 4.69) is 36.1 Å². The van der Waals surface area contributed by atoms with Crippen LogP contribution in [-0.2, 0) is 0 Å². The molecule has 9 heteroatoms. The third-order valence-corrected chi connectivity index (χ3v) is 4.03. The highest BCUT2D eigenvalue weighted by Crippen LogP contribution is 2.38. The molecule has 2 N–H and O–H groups in total. The summed E-state index contributed by atoms with van der Waals surface area (Å²) in [4.78, 5) is 8.79. The third kappa shape index (κ3) is 3.85. The highest BCUT2D eigenvalue weighted by Gasteiger charge is 2.27. The minimum Gasteiger partial charge on any atom is -0.368 e. The molecule has 1 saturated carbocycles. The fraction of sp³-hybridized carbons (Fsp3) is 0.312. The van der Waals surface area contributed by atoms with E-state index in [0.29, 0.717) is 30.1 Å². The van der Waals surface area contributed by atoms with Gasteiger partial charge in [-0.05, 0) is 35.4 Å². The molecule has 1 aliphatic carbocycles. The Kier molecular flexibility index (Phi) is 4.43. The maximum atomic E-state index is 6.07. The molecule has 8 nitrogen and oxygen atoms in total. The maximum Gasteiger partial charge on any atom is 0.247 e. The molecule has 4 rings (SSSR count). The first kappa shape index (κ1) is 15.8. The van der Waals surface area contributed by atoms with E-state index in [-0.39, 0.29) is 0 Å². The maximum absolute atomic E-state index is 6.07. The molecule has 1 aromatic carbocycles. The summed E-state index contributed by atoms with van der Waals surface area (Å²) in [5, 5.41) is 18.7. The Balaban J connectivity index is 1.34. The van der Waals surface area contributed by atoms with Crippen LogP contribution in [0.25, 0.3) is 5.69 Å². The van der Waals surface area contributed by atoms with Crippen molar-refractivity contribution >= 4 is 23.4 Å². The van der Waals surface area contributed by atoms with Crippen LogP contribution in [0.15, 0.2) is 36.4 Å². The van der Waals surface area contributed by atoms with Crippen molar-refractivity contribution < 1.29 is 0 Å². The second-order valence-electron chi connectivity index (χ2n) is 5.81. The number of benzene rings is 1. The first-order chi connectivity index (χ1) is 12.3. The number of nitrogens with one attached hydrogen (secondary N) is 2. The summed E-state index contributed by atoms with van der Waals surface area (Å²) in [5.74, 6) is 2.63. The van der Waals surface area contributed by atoms with Crippen LogP contribution in [0.5, 0.6) is 0 Å². The van der Waals surface area contributed by atoms with Crippen LogP contribution >= 0.6 is 11.6 Å². The van der Waals surface area contributed by atoms with Gasteiger partial charge in [0, 0.05) is 25.1 Å². The Hall–Kier alpha value is -2.74. The van der Waals surface area contributed by atoms with Gasteiger partial charge in [0.2, 0.25) is 5.95 Å². The molecule has 1 fully saturated rings. The quantitative estimate of drug-likeness (QED) is 0.496. The molecular formula is C16H17ClN8. The largest absolute Gasteiger partial charge is 0.368 e. The fourth-order valence-corrected chi connectivity index (χ4v) is 2.65. The number of nitrogens with zero attached hydrogens (tertiary/aromatic N) is 6. The molecule has 128 valence electrons. The van der Waals surface area contributed by atoms with Crippen molar-refractivity contribution in [2.24, 2.45) is 0 Å². The normalized spacial score (nSPS) is 13.6. The highest BCUT2D eigenvalue weighted by atomic mass is 35.5. The predicted molar refractivity (Wildman–Crippen MR) is 95.2 cm³/mol. The number of tetrazole rings is 1. The molecule has 0 saturated heterocycles. The number of hydrogen-bond acceptors (Lipinski definition) is 7. The third-order valence-electron chi connectivity index (χ3n) is 3.84. The summed E-state index contributed by atoms with van der Waals surface area (Å²) in [7, 11) is 0. The minimum absolute atomic E-state index is 0.466. The second kappa shape index (κ2) is 7.02. The molecule has 0 atom stereocenters. The van der Waals surface area contributed by atoms with Crippen molar-refractivity contribution in [3.63, 3.8) is 0 Å². The smallest absolute Gasteiger partial charge is 0.247 e. The lowest BCUT2D eigenvalue weighted by molar-refractivity contribution is 0.789. The molecule has 1 aliphatic rings. The van der Waals surface area contributed by atoms with Gasteiger partial charge >= 0.3 is 0 Å². The zero-order valence-corrected chi connectivity index (χ0v) is 14.2. The van der Waals surface area contributed by atoms with Crippen LogP contribution in [-0.4, -0.2) is 43.3 Å². The molecule has 0 radical (unpaired) electrons. The average molecular weight is 357 g/mol. The topological polar surface area (TPSA) is 93.4 Å². The van der Waals surface area contributed by atoms with Crippen molar-refractivity contribution in [2.75, 3.05) is 23.7 Å². The lowest BCUT2D eigenvalue weighted by Crippen LogP contribution is -2.17. The second-order valence-corrected chi connectivity index (χ2v) is 6.20. The fourth-order valence-electron chi connectivity index (χ4n) is 2.46. The van der Waals surface area contributed by atoms with E-state index in [1.54, 1.807) is 10.7 Å². The number of para-hydroxylation sites is 1. The first-order valence-electron chi connectivity index (χ1n) is 8.15. The number of halogens is 1. The monoisotopic (exact) mass is 356 g/mol. The number of anilines is 2. The van der Waals surface area contributed by atoms with Gasteiger partial charge in [0.25, 0.3) is 0 Å². The molecule has 0 unspecified atom stereocenters. The molecule has 0 spiro atoms. The van der Waals surface area contributed by atoms with E-state index >= 15 is 0 Å². The van der Waals surface area contributed by atoms with Gasteiger partial charge in [0.1, 0.15) is 16.8 Å². The van der Waals surface area contributed by atoms with Gasteiger partial charge < -0.3 is 10.6 Å². The van der Waals surface area contributed by atoms with Crippen molar-refractivity contribution in [1.82, 2.24) is 30.2 Å². The summed E-state index contributed by atoms with van der Waals surface area (Å²) in [6.45, 7) is 1.28. The molecule has 3 aromatic rings. The van der Waals surface area contributed by atoms with E-state index < -0.39 is 0 Å². The Morgan fingerprint density at radius 1 is 1.08 bits per heavy atom. The van der Waals surface area contributed by atoms with Gasteiger partial charge in [-0.25, -0.2) is 9.97 Å². The highest BCUT2D eigenvalue weighted by molar-refractivity contribution is 6.29. The Morgan fingerprint density at radius 3 is 2.68 bits per heavy atom. The standard InChI is InChI=1S/C16H17ClN8/c17-13-10-14(21-15(20-13)11-6-7-11)18-8-9-19-16-22-23-24-25(16)12-4-2-1-3-5-12/h1-5,10-11H,6-9H2,(H,18,20,21)(H,19,22,24). The first-order valence-corrected chi connectivity index (χ1v) is 8.53. The van der Waals surface area contributed by atoms with Crippen LogP contribution in [0.1, 0.15) is 24.6 Å². The summed E-state index contributed by atoms with van der Waals surface area (Å²) in [5.41, 5.74) is 0.902. The van der Waals surface area contributed by atoms with Gasteiger partial charge in [-0.3, -0.25) is 0 Å². The van der Waals surface area contributed by atoms with Crippen LogP contribution in [0.4, 0.5) is 11.8 Å².